The second-order valence-corrected chi connectivity index (χ2v) is 7.37. The SMILES string of the molecule is CC1CCN(C(CNC(=O)Cc2ccc(N)cc2)c2ccccc2)CC1. The van der Waals surface area contributed by atoms with Gasteiger partial charge in [0.15, 0.2) is 0 Å². The number of benzene rings is 2. The number of hydrogen-bond donors (Lipinski definition) is 2. The summed E-state index contributed by atoms with van der Waals surface area (Å²) in [6.45, 7) is 5.15. The van der Waals surface area contributed by atoms with Crippen molar-refractivity contribution in [3.63, 3.8) is 0 Å². The zero-order valence-corrected chi connectivity index (χ0v) is 15.5. The highest BCUT2D eigenvalue weighted by atomic mass is 16.1. The predicted molar refractivity (Wildman–Crippen MR) is 107 cm³/mol. The third-order valence-electron chi connectivity index (χ3n) is 5.28. The Morgan fingerprint density at radius 1 is 1.12 bits per heavy atom. The Balaban J connectivity index is 1.62. The summed E-state index contributed by atoms with van der Waals surface area (Å²) in [5.74, 6) is 0.851. The first kappa shape index (κ1) is 18.5. The van der Waals surface area contributed by atoms with Crippen LogP contribution in [0.2, 0.25) is 0 Å². The molecule has 1 atom stereocenters. The van der Waals surface area contributed by atoms with E-state index in [0.717, 1.165) is 30.3 Å². The van der Waals surface area contributed by atoms with Crippen molar-refractivity contribution in [2.75, 3.05) is 25.4 Å². The molecule has 1 heterocycles. The number of carbonyl (C=O) groups excluding carboxylic acids is 1. The second kappa shape index (κ2) is 8.86. The third-order valence-corrected chi connectivity index (χ3v) is 5.28. The van der Waals surface area contributed by atoms with Crippen molar-refractivity contribution in [1.29, 1.82) is 0 Å². The molecule has 1 unspecified atom stereocenters. The molecule has 138 valence electrons. The lowest BCUT2D eigenvalue weighted by atomic mass is 9.95. The molecule has 0 saturated carbocycles. The minimum atomic E-state index is 0.0566. The van der Waals surface area contributed by atoms with Gasteiger partial charge in [0.1, 0.15) is 0 Å². The highest BCUT2D eigenvalue weighted by molar-refractivity contribution is 5.78. The molecule has 1 fully saturated rings. The first-order chi connectivity index (χ1) is 12.6. The summed E-state index contributed by atoms with van der Waals surface area (Å²) in [6.07, 6.45) is 2.84. The summed E-state index contributed by atoms with van der Waals surface area (Å²) in [5.41, 5.74) is 8.69. The summed E-state index contributed by atoms with van der Waals surface area (Å²) in [6, 6.07) is 18.2. The number of piperidine rings is 1. The van der Waals surface area contributed by atoms with Crippen molar-refractivity contribution in [3.8, 4) is 0 Å². The van der Waals surface area contributed by atoms with Crippen molar-refractivity contribution in [3.05, 3.63) is 65.7 Å². The molecule has 0 aromatic heterocycles. The van der Waals surface area contributed by atoms with E-state index in [9.17, 15) is 4.79 Å². The maximum absolute atomic E-state index is 12.4. The number of nitrogens with two attached hydrogens (primary N) is 1. The Morgan fingerprint density at radius 2 is 1.77 bits per heavy atom. The first-order valence-electron chi connectivity index (χ1n) is 9.52. The summed E-state index contributed by atoms with van der Waals surface area (Å²) in [4.78, 5) is 14.9. The Labute approximate surface area is 156 Å². The lowest BCUT2D eigenvalue weighted by Gasteiger charge is -2.37. The number of nitrogens with zero attached hydrogens (tertiary/aromatic N) is 1. The van der Waals surface area contributed by atoms with E-state index >= 15 is 0 Å². The molecule has 2 aromatic rings. The van der Waals surface area contributed by atoms with Gasteiger partial charge in [-0.05, 0) is 55.1 Å². The van der Waals surface area contributed by atoms with Crippen LogP contribution in [0.15, 0.2) is 54.6 Å². The molecule has 1 aliphatic rings. The fourth-order valence-electron chi connectivity index (χ4n) is 3.57. The van der Waals surface area contributed by atoms with Crippen molar-refractivity contribution in [2.45, 2.75) is 32.2 Å². The zero-order valence-electron chi connectivity index (χ0n) is 15.5. The summed E-state index contributed by atoms with van der Waals surface area (Å²) >= 11 is 0. The molecular weight excluding hydrogens is 322 g/mol. The van der Waals surface area contributed by atoms with Crippen LogP contribution in [0.1, 0.15) is 36.9 Å². The predicted octanol–water partition coefficient (Wildman–Crippen LogP) is 3.40. The lowest BCUT2D eigenvalue weighted by molar-refractivity contribution is -0.120. The summed E-state index contributed by atoms with van der Waals surface area (Å²) < 4.78 is 0. The molecule has 0 radical (unpaired) electrons. The van der Waals surface area contributed by atoms with Crippen LogP contribution in [-0.4, -0.2) is 30.4 Å². The fraction of sp³-hybridized carbons (Fsp3) is 0.409. The van der Waals surface area contributed by atoms with Crippen LogP contribution < -0.4 is 11.1 Å². The summed E-state index contributed by atoms with van der Waals surface area (Å²) in [7, 11) is 0. The van der Waals surface area contributed by atoms with Gasteiger partial charge in [-0.1, -0.05) is 49.4 Å². The molecule has 1 saturated heterocycles. The number of nitrogens with one attached hydrogen (secondary N) is 1. The molecule has 4 nitrogen and oxygen atoms in total. The van der Waals surface area contributed by atoms with Gasteiger partial charge in [0.05, 0.1) is 12.5 Å². The largest absolute Gasteiger partial charge is 0.399 e. The van der Waals surface area contributed by atoms with Crippen LogP contribution in [-0.2, 0) is 11.2 Å². The second-order valence-electron chi connectivity index (χ2n) is 7.37. The lowest BCUT2D eigenvalue weighted by Crippen LogP contribution is -2.42. The van der Waals surface area contributed by atoms with Crippen molar-refractivity contribution >= 4 is 11.6 Å². The zero-order chi connectivity index (χ0) is 18.4. The molecule has 0 aliphatic carbocycles. The van der Waals surface area contributed by atoms with Crippen molar-refractivity contribution in [2.24, 2.45) is 5.92 Å². The average molecular weight is 351 g/mol. The molecular formula is C22H29N3O. The Kier molecular flexibility index (Phi) is 6.29. The van der Waals surface area contributed by atoms with E-state index in [1.807, 2.05) is 30.3 Å². The van der Waals surface area contributed by atoms with Gasteiger partial charge in [0.2, 0.25) is 5.91 Å². The van der Waals surface area contributed by atoms with E-state index in [1.54, 1.807) is 0 Å². The Bertz CT molecular complexity index is 691. The van der Waals surface area contributed by atoms with E-state index < -0.39 is 0 Å². The van der Waals surface area contributed by atoms with Crippen LogP contribution >= 0.6 is 0 Å². The number of likely N-dealkylation sites (tertiary alicyclic amines) is 1. The minimum absolute atomic E-state index is 0.0566. The molecule has 26 heavy (non-hydrogen) atoms. The van der Waals surface area contributed by atoms with Crippen LogP contribution in [0.3, 0.4) is 0 Å². The number of nitrogen functional groups attached to an aromatic ring is 1. The van der Waals surface area contributed by atoms with Gasteiger partial charge in [0, 0.05) is 12.2 Å². The maximum Gasteiger partial charge on any atom is 0.224 e. The Hall–Kier alpha value is -2.33. The first-order valence-corrected chi connectivity index (χ1v) is 9.52. The molecule has 2 aromatic carbocycles. The van der Waals surface area contributed by atoms with Gasteiger partial charge in [-0.3, -0.25) is 9.69 Å². The smallest absolute Gasteiger partial charge is 0.224 e. The summed E-state index contributed by atoms with van der Waals surface area (Å²) in [5, 5.41) is 3.14. The quantitative estimate of drug-likeness (QED) is 0.784. The minimum Gasteiger partial charge on any atom is -0.399 e. The van der Waals surface area contributed by atoms with Crippen LogP contribution in [0.25, 0.3) is 0 Å². The van der Waals surface area contributed by atoms with Gasteiger partial charge in [-0.15, -0.1) is 0 Å². The number of rotatable bonds is 6. The highest BCUT2D eigenvalue weighted by Crippen LogP contribution is 2.26. The third kappa shape index (κ3) is 5.09. The van der Waals surface area contributed by atoms with Gasteiger partial charge < -0.3 is 11.1 Å². The molecule has 1 aliphatic heterocycles. The van der Waals surface area contributed by atoms with E-state index in [0.29, 0.717) is 13.0 Å². The Morgan fingerprint density at radius 3 is 2.42 bits per heavy atom. The van der Waals surface area contributed by atoms with E-state index in [2.05, 4.69) is 41.4 Å². The van der Waals surface area contributed by atoms with Gasteiger partial charge in [0.25, 0.3) is 0 Å². The molecule has 3 rings (SSSR count). The van der Waals surface area contributed by atoms with Crippen LogP contribution in [0.4, 0.5) is 5.69 Å². The van der Waals surface area contributed by atoms with E-state index in [-0.39, 0.29) is 11.9 Å². The van der Waals surface area contributed by atoms with E-state index in [1.165, 1.54) is 18.4 Å². The maximum atomic E-state index is 12.4. The van der Waals surface area contributed by atoms with Gasteiger partial charge in [-0.25, -0.2) is 0 Å². The van der Waals surface area contributed by atoms with Gasteiger partial charge >= 0.3 is 0 Å². The topological polar surface area (TPSA) is 58.4 Å². The number of carbonyl (C=O) groups is 1. The molecule has 3 N–H and O–H groups in total. The number of amides is 1. The standard InChI is InChI=1S/C22H29N3O/c1-17-11-13-25(14-12-17)21(19-5-3-2-4-6-19)16-24-22(26)15-18-7-9-20(23)10-8-18/h2-10,17,21H,11-16,23H2,1H3,(H,24,26). The average Bonchev–Trinajstić information content (AvgIpc) is 2.66. The van der Waals surface area contributed by atoms with Crippen LogP contribution in [0.5, 0.6) is 0 Å². The number of anilines is 1. The highest BCUT2D eigenvalue weighted by Gasteiger charge is 2.24. The fourth-order valence-corrected chi connectivity index (χ4v) is 3.57. The van der Waals surface area contributed by atoms with Crippen molar-refractivity contribution < 1.29 is 4.79 Å². The molecule has 0 spiro atoms. The molecule has 4 heteroatoms. The van der Waals surface area contributed by atoms with Crippen LogP contribution in [0, 0.1) is 5.92 Å². The van der Waals surface area contributed by atoms with Crippen molar-refractivity contribution in [1.82, 2.24) is 10.2 Å². The van der Waals surface area contributed by atoms with Gasteiger partial charge in [-0.2, -0.15) is 0 Å². The normalized spacial score (nSPS) is 17.0. The molecule has 1 amide bonds. The monoisotopic (exact) mass is 351 g/mol. The van der Waals surface area contributed by atoms with E-state index in [4.69, 9.17) is 5.73 Å². The number of hydrogen-bond acceptors (Lipinski definition) is 3. The molecule has 0 bridgehead atoms.